The summed E-state index contributed by atoms with van der Waals surface area (Å²) in [5.74, 6) is -1.79. The number of aryl methyl sites for hydroxylation is 1. The highest BCUT2D eigenvalue weighted by molar-refractivity contribution is 6.33. The molecule has 2 aromatic rings. The lowest BCUT2D eigenvalue weighted by Gasteiger charge is -2.34. The van der Waals surface area contributed by atoms with E-state index in [9.17, 15) is 19.1 Å². The van der Waals surface area contributed by atoms with E-state index in [2.05, 4.69) is 0 Å². The van der Waals surface area contributed by atoms with Crippen LogP contribution in [0.15, 0.2) is 36.4 Å². The minimum absolute atomic E-state index is 0.0677. The van der Waals surface area contributed by atoms with Crippen molar-refractivity contribution in [2.45, 2.75) is 38.8 Å². The monoisotopic (exact) mass is 375 g/mol. The maximum Gasteiger partial charge on any atom is 0.335 e. The third-order valence-electron chi connectivity index (χ3n) is 4.73. The van der Waals surface area contributed by atoms with Gasteiger partial charge in [-0.1, -0.05) is 17.7 Å². The van der Waals surface area contributed by atoms with E-state index in [4.69, 9.17) is 11.6 Å². The van der Waals surface area contributed by atoms with Crippen LogP contribution in [0.2, 0.25) is 5.02 Å². The van der Waals surface area contributed by atoms with Gasteiger partial charge < -0.3 is 10.0 Å². The van der Waals surface area contributed by atoms with Crippen molar-refractivity contribution in [3.63, 3.8) is 0 Å². The van der Waals surface area contributed by atoms with Crippen LogP contribution in [0.5, 0.6) is 0 Å². The summed E-state index contributed by atoms with van der Waals surface area (Å²) in [7, 11) is 0. The van der Waals surface area contributed by atoms with E-state index in [-0.39, 0.29) is 34.1 Å². The number of nitrogens with zero attached hydrogens (tertiary/aromatic N) is 1. The Labute approximate surface area is 156 Å². The van der Waals surface area contributed by atoms with Crippen LogP contribution in [-0.4, -0.2) is 27.9 Å². The molecule has 0 aromatic heterocycles. The molecular formula is C20H19ClFNO3. The van der Waals surface area contributed by atoms with E-state index < -0.39 is 11.8 Å². The van der Waals surface area contributed by atoms with Crippen molar-refractivity contribution in [2.24, 2.45) is 0 Å². The maximum atomic E-state index is 13.3. The Balaban J connectivity index is 2.02. The molecule has 0 saturated carbocycles. The van der Waals surface area contributed by atoms with Crippen LogP contribution >= 0.6 is 11.6 Å². The number of halogens is 2. The zero-order valence-corrected chi connectivity index (χ0v) is 15.3. The fraction of sp³-hybridized carbons (Fsp3) is 0.300. The Bertz CT molecular complexity index is 881. The lowest BCUT2D eigenvalue weighted by atomic mass is 10.0. The normalized spacial score (nSPS) is 15.8. The number of carboxylic acids is 1. The molecule has 0 bridgehead atoms. The Kier molecular flexibility index (Phi) is 5.01. The second-order valence-corrected chi connectivity index (χ2v) is 7.11. The quantitative estimate of drug-likeness (QED) is 0.841. The third kappa shape index (κ3) is 3.31. The predicted molar refractivity (Wildman–Crippen MR) is 97.2 cm³/mol. The number of rotatable bonds is 4. The first-order valence-corrected chi connectivity index (χ1v) is 8.81. The highest BCUT2D eigenvalue weighted by atomic mass is 35.5. The van der Waals surface area contributed by atoms with Gasteiger partial charge in [0.1, 0.15) is 5.82 Å². The lowest BCUT2D eigenvalue weighted by Crippen LogP contribution is -2.39. The second-order valence-electron chi connectivity index (χ2n) is 6.70. The molecule has 0 aliphatic heterocycles. The van der Waals surface area contributed by atoms with E-state index in [0.717, 1.165) is 23.6 Å². The summed E-state index contributed by atoms with van der Waals surface area (Å²) >= 11 is 6.08. The molecule has 1 atom stereocenters. The molecule has 26 heavy (non-hydrogen) atoms. The van der Waals surface area contributed by atoms with Crippen molar-refractivity contribution in [2.75, 3.05) is 0 Å². The minimum Gasteiger partial charge on any atom is -0.478 e. The van der Waals surface area contributed by atoms with Gasteiger partial charge in [0.2, 0.25) is 0 Å². The van der Waals surface area contributed by atoms with Crippen molar-refractivity contribution < 1.29 is 19.1 Å². The van der Waals surface area contributed by atoms with E-state index in [0.29, 0.717) is 6.42 Å². The molecule has 0 saturated heterocycles. The zero-order valence-electron chi connectivity index (χ0n) is 14.5. The SMILES string of the molecule is CC(C)N(C(=O)c1ccc(F)cc1Cl)C1CCc2ccc(C(=O)O)cc21. The highest BCUT2D eigenvalue weighted by Crippen LogP contribution is 2.38. The predicted octanol–water partition coefficient (Wildman–Crippen LogP) is 4.72. The van der Waals surface area contributed by atoms with Gasteiger partial charge in [-0.3, -0.25) is 4.79 Å². The van der Waals surface area contributed by atoms with Crippen molar-refractivity contribution in [1.82, 2.24) is 4.90 Å². The first kappa shape index (κ1) is 18.4. The van der Waals surface area contributed by atoms with Gasteiger partial charge in [0.05, 0.1) is 22.2 Å². The fourth-order valence-corrected chi connectivity index (χ4v) is 3.79. The van der Waals surface area contributed by atoms with Gasteiger partial charge in [-0.25, -0.2) is 9.18 Å². The van der Waals surface area contributed by atoms with E-state index in [1.807, 2.05) is 19.9 Å². The lowest BCUT2D eigenvalue weighted by molar-refractivity contribution is 0.0606. The molecule has 136 valence electrons. The molecule has 1 amide bonds. The van der Waals surface area contributed by atoms with Gasteiger partial charge in [0.15, 0.2) is 0 Å². The number of benzene rings is 2. The molecule has 4 nitrogen and oxygen atoms in total. The van der Waals surface area contributed by atoms with Crippen LogP contribution < -0.4 is 0 Å². The molecule has 1 unspecified atom stereocenters. The van der Waals surface area contributed by atoms with E-state index in [1.54, 1.807) is 17.0 Å². The van der Waals surface area contributed by atoms with Gasteiger partial charge in [-0.05, 0) is 68.1 Å². The van der Waals surface area contributed by atoms with Crippen LogP contribution in [0.25, 0.3) is 0 Å². The number of carboxylic acid groups (broad SMARTS) is 1. The van der Waals surface area contributed by atoms with Gasteiger partial charge >= 0.3 is 5.97 Å². The molecule has 1 aliphatic rings. The number of carbonyl (C=O) groups is 2. The number of aromatic carboxylic acids is 1. The van der Waals surface area contributed by atoms with Crippen LogP contribution in [0.4, 0.5) is 4.39 Å². The van der Waals surface area contributed by atoms with Crippen LogP contribution in [0, 0.1) is 5.82 Å². The minimum atomic E-state index is -0.998. The van der Waals surface area contributed by atoms with Crippen LogP contribution in [0.3, 0.4) is 0 Å². The van der Waals surface area contributed by atoms with Gasteiger partial charge in [0, 0.05) is 6.04 Å². The Hall–Kier alpha value is -2.40. The molecule has 3 rings (SSSR count). The first-order chi connectivity index (χ1) is 12.3. The first-order valence-electron chi connectivity index (χ1n) is 8.43. The number of carbonyl (C=O) groups excluding carboxylic acids is 1. The fourth-order valence-electron chi connectivity index (χ4n) is 3.54. The molecule has 2 aromatic carbocycles. The largest absolute Gasteiger partial charge is 0.478 e. The Morgan fingerprint density at radius 1 is 1.23 bits per heavy atom. The van der Waals surface area contributed by atoms with Crippen molar-refractivity contribution in [1.29, 1.82) is 0 Å². The number of amides is 1. The summed E-state index contributed by atoms with van der Waals surface area (Å²) in [5, 5.41) is 9.33. The molecule has 0 spiro atoms. The standard InChI is InChI=1S/C20H19ClFNO3/c1-11(2)23(19(24)15-7-6-14(22)10-17(15)21)18-8-5-12-3-4-13(20(25)26)9-16(12)18/h3-4,6-7,9-11,18H,5,8H2,1-2H3,(H,25,26). The van der Waals surface area contributed by atoms with E-state index in [1.165, 1.54) is 12.1 Å². The molecule has 0 heterocycles. The number of fused-ring (bicyclic) bond motifs is 1. The maximum absolute atomic E-state index is 13.3. The van der Waals surface area contributed by atoms with Gasteiger partial charge in [0.25, 0.3) is 5.91 Å². The third-order valence-corrected chi connectivity index (χ3v) is 5.04. The zero-order chi connectivity index (χ0) is 19.0. The molecule has 1 N–H and O–H groups in total. The highest BCUT2D eigenvalue weighted by Gasteiger charge is 2.34. The van der Waals surface area contributed by atoms with Crippen LogP contribution in [0.1, 0.15) is 58.2 Å². The topological polar surface area (TPSA) is 57.6 Å². The summed E-state index contributed by atoms with van der Waals surface area (Å²) < 4.78 is 13.3. The smallest absolute Gasteiger partial charge is 0.335 e. The molecule has 0 fully saturated rings. The van der Waals surface area contributed by atoms with Crippen molar-refractivity contribution >= 4 is 23.5 Å². The molecule has 0 radical (unpaired) electrons. The van der Waals surface area contributed by atoms with Crippen molar-refractivity contribution in [3.8, 4) is 0 Å². The second kappa shape index (κ2) is 7.08. The number of hydrogen-bond donors (Lipinski definition) is 1. The summed E-state index contributed by atoms with van der Waals surface area (Å²) in [6, 6.07) is 8.39. The summed E-state index contributed by atoms with van der Waals surface area (Å²) in [6.07, 6.45) is 1.48. The summed E-state index contributed by atoms with van der Waals surface area (Å²) in [6.45, 7) is 3.79. The van der Waals surface area contributed by atoms with Crippen LogP contribution in [-0.2, 0) is 6.42 Å². The molecular weight excluding hydrogens is 357 g/mol. The average molecular weight is 376 g/mol. The average Bonchev–Trinajstić information content (AvgIpc) is 2.97. The summed E-state index contributed by atoms with van der Waals surface area (Å²) in [5.41, 5.74) is 2.34. The van der Waals surface area contributed by atoms with E-state index >= 15 is 0 Å². The van der Waals surface area contributed by atoms with Gasteiger partial charge in [-0.2, -0.15) is 0 Å². The number of hydrogen-bond acceptors (Lipinski definition) is 2. The van der Waals surface area contributed by atoms with Gasteiger partial charge in [-0.15, -0.1) is 0 Å². The molecule has 6 heteroatoms. The summed E-state index contributed by atoms with van der Waals surface area (Å²) in [4.78, 5) is 26.2. The Morgan fingerprint density at radius 3 is 2.58 bits per heavy atom. The van der Waals surface area contributed by atoms with Crippen molar-refractivity contribution in [3.05, 3.63) is 69.5 Å². The Morgan fingerprint density at radius 2 is 1.96 bits per heavy atom. The molecule has 1 aliphatic carbocycles.